The van der Waals surface area contributed by atoms with Crippen molar-refractivity contribution in [1.29, 1.82) is 0 Å². The van der Waals surface area contributed by atoms with Gasteiger partial charge in [-0.3, -0.25) is 9.55 Å². The third-order valence-electron chi connectivity index (χ3n) is 13.7. The molecule has 2 aromatic heterocycles. The third kappa shape index (κ3) is 9.67. The maximum atomic E-state index is 12.7. The predicted molar refractivity (Wildman–Crippen MR) is 309 cm³/mol. The van der Waals surface area contributed by atoms with Gasteiger partial charge in [0.15, 0.2) is 0 Å². The fourth-order valence-corrected chi connectivity index (χ4v) is 9.65. The molecule has 10 aromatic rings. The first-order chi connectivity index (χ1) is 40.5. The molecule has 4 nitrogen and oxygen atoms in total. The summed E-state index contributed by atoms with van der Waals surface area (Å²) in [6.45, 7) is 0.307. The van der Waals surface area contributed by atoms with Crippen molar-refractivity contribution in [3.8, 4) is 89.7 Å². The minimum absolute atomic E-state index is 0.0868. The Balaban J connectivity index is 1.25. The van der Waals surface area contributed by atoms with E-state index in [9.17, 15) is 7.85 Å². The van der Waals surface area contributed by atoms with E-state index in [-0.39, 0.29) is 39.2 Å². The summed E-state index contributed by atoms with van der Waals surface area (Å²) in [5, 5.41) is 12.7. The molecule has 364 valence electrons. The highest BCUT2D eigenvalue weighted by molar-refractivity contribution is 5.99. The van der Waals surface area contributed by atoms with Gasteiger partial charge < -0.3 is 5.11 Å². The molecule has 0 unspecified atom stereocenters. The smallest absolute Gasteiger partial charge is 0.149 e. The quantitative estimate of drug-likeness (QED) is 0.149. The number of hydrogen-bond donors (Lipinski definition) is 1. The summed E-state index contributed by atoms with van der Waals surface area (Å²) in [6.07, 6.45) is 1.62. The molecule has 0 amide bonds. The number of para-hydroxylation sites is 1. The molecule has 0 spiro atoms. The molecule has 2 heterocycles. The minimum Gasteiger partial charge on any atom is -0.507 e. The average molecular weight is 968 g/mol. The highest BCUT2D eigenvalue weighted by Crippen LogP contribution is 2.46. The number of aromatic nitrogens is 3. The number of benzene rings is 8. The van der Waals surface area contributed by atoms with Crippen LogP contribution in [0.1, 0.15) is 128 Å². The standard InChI is InChI=1S/C69H67N3O/c1-43(2)51-39-58(44(3)4)66(73)61(40-51)67-71-65-57(53-36-52(46-19-14-12-15-20-46)37-54(38-53)62-41-50(33-34-70-62)47-25-29-55(30-26-47)68(6,7)8)23-18-24-63(65)72(67)64-35-45(5)59(42-60(64)48-21-16-13-17-22-48)49-27-31-56(32-28-49)69(9,10)11/h12-44,73H,1-11H3/i5D3,6D3,7D3,8D3,43D,44D. The van der Waals surface area contributed by atoms with E-state index in [0.29, 0.717) is 72.5 Å². The Morgan fingerprint density at radius 3 is 1.77 bits per heavy atom. The normalized spacial score (nSPS) is 15.9. The molecule has 1 N–H and O–H groups in total. The van der Waals surface area contributed by atoms with Gasteiger partial charge in [0, 0.05) is 42.1 Å². The van der Waals surface area contributed by atoms with E-state index < -0.39 is 44.6 Å². The maximum absolute atomic E-state index is 12.7. The summed E-state index contributed by atoms with van der Waals surface area (Å²) in [7, 11) is 0. The summed E-state index contributed by atoms with van der Waals surface area (Å²) >= 11 is 0. The number of phenols is 1. The molecule has 8 aromatic carbocycles. The number of rotatable bonds is 10. The molecule has 0 aliphatic carbocycles. The molecule has 0 fully saturated rings. The number of imidazole rings is 1. The fourth-order valence-electron chi connectivity index (χ4n) is 9.65. The van der Waals surface area contributed by atoms with Crippen LogP contribution in [-0.4, -0.2) is 19.6 Å². The second-order valence-electron chi connectivity index (χ2n) is 20.4. The topological polar surface area (TPSA) is 50.9 Å². The largest absolute Gasteiger partial charge is 0.507 e. The van der Waals surface area contributed by atoms with Crippen molar-refractivity contribution in [2.45, 2.75) is 98.5 Å². The Bertz CT molecular complexity index is 4160. The van der Waals surface area contributed by atoms with Crippen LogP contribution in [0.4, 0.5) is 0 Å². The second-order valence-corrected chi connectivity index (χ2v) is 20.4. The van der Waals surface area contributed by atoms with E-state index >= 15 is 0 Å². The third-order valence-corrected chi connectivity index (χ3v) is 13.7. The number of phenolic OH excluding ortho intramolecular Hbond substituents is 1. The van der Waals surface area contributed by atoms with Gasteiger partial charge >= 0.3 is 0 Å². The van der Waals surface area contributed by atoms with Gasteiger partial charge in [-0.05, 0) is 156 Å². The van der Waals surface area contributed by atoms with Crippen molar-refractivity contribution in [2.24, 2.45) is 0 Å². The van der Waals surface area contributed by atoms with E-state index in [2.05, 4.69) is 20.8 Å². The van der Waals surface area contributed by atoms with Gasteiger partial charge in [0.05, 0.1) is 28.0 Å². The van der Waals surface area contributed by atoms with E-state index in [1.54, 1.807) is 58.2 Å². The van der Waals surface area contributed by atoms with E-state index in [1.165, 1.54) is 24.3 Å². The van der Waals surface area contributed by atoms with Crippen LogP contribution in [0.2, 0.25) is 0 Å². The van der Waals surface area contributed by atoms with Gasteiger partial charge in [0.25, 0.3) is 0 Å². The lowest BCUT2D eigenvalue weighted by atomic mass is 9.85. The molecule has 0 saturated carbocycles. The van der Waals surface area contributed by atoms with Gasteiger partial charge in [-0.2, -0.15) is 0 Å². The number of nitrogens with zero attached hydrogens (tertiary/aromatic N) is 3. The summed E-state index contributed by atoms with van der Waals surface area (Å²) in [4.78, 5) is 10.4. The molecule has 4 heteroatoms. The van der Waals surface area contributed by atoms with E-state index in [1.807, 2.05) is 138 Å². The van der Waals surface area contributed by atoms with Gasteiger partial charge in [0.1, 0.15) is 11.6 Å². The number of hydrogen-bond acceptors (Lipinski definition) is 3. The highest BCUT2D eigenvalue weighted by atomic mass is 16.3. The second kappa shape index (κ2) is 19.3. The summed E-state index contributed by atoms with van der Waals surface area (Å²) in [5.74, 6) is -2.53. The first kappa shape index (κ1) is 34.5. The van der Waals surface area contributed by atoms with Gasteiger partial charge in [-0.1, -0.05) is 196 Å². The van der Waals surface area contributed by atoms with Gasteiger partial charge in [-0.15, -0.1) is 0 Å². The fraction of sp³-hybridized carbons (Fsp3) is 0.217. The predicted octanol–water partition coefficient (Wildman–Crippen LogP) is 18.9. The lowest BCUT2D eigenvalue weighted by molar-refractivity contribution is 0.466. The molecule has 0 atom stereocenters. The Kier molecular flexibility index (Phi) is 9.13. The SMILES string of the molecule is [2H]C([2H])([2H])c1cc(-n2c(-c3cc(C([2H])(C)C)cc(C([2H])(C)C)c3O)nc3c(-c4cc(-c5ccccc5)cc(-c5cc(-c6ccc(C(C([2H])([2H])[2H])(C([2H])([2H])[2H])C([2H])([2H])[2H])cc6)ccn5)c4)cccc32)c(-c2ccccc2)cc1-c1ccc(C(C)(C)C)cc1. The minimum atomic E-state index is -3.42. The maximum Gasteiger partial charge on any atom is 0.149 e. The Morgan fingerprint density at radius 1 is 0.507 bits per heavy atom. The summed E-state index contributed by atoms with van der Waals surface area (Å²) in [6, 6.07) is 55.4. The molecule has 10 rings (SSSR count). The molecule has 0 saturated heterocycles. The van der Waals surface area contributed by atoms with Crippen LogP contribution < -0.4 is 0 Å². The Hall–Kier alpha value is -7.82. The monoisotopic (exact) mass is 968 g/mol. The lowest BCUT2D eigenvalue weighted by Crippen LogP contribution is -2.10. The zero-order valence-corrected chi connectivity index (χ0v) is 42.2. The lowest BCUT2D eigenvalue weighted by Gasteiger charge is -2.22. The number of fused-ring (bicyclic) bond motifs is 1. The van der Waals surface area contributed by atoms with Crippen molar-refractivity contribution in [3.63, 3.8) is 0 Å². The van der Waals surface area contributed by atoms with Crippen LogP contribution in [-0.2, 0) is 10.8 Å². The van der Waals surface area contributed by atoms with Crippen molar-refractivity contribution < 1.29 is 24.3 Å². The Labute approximate surface area is 452 Å². The number of pyridine rings is 1. The van der Waals surface area contributed by atoms with E-state index in [4.69, 9.17) is 26.4 Å². The van der Waals surface area contributed by atoms with Crippen molar-refractivity contribution >= 4 is 11.0 Å². The summed E-state index contributed by atoms with van der Waals surface area (Å²) in [5.41, 5.74) is 8.11. The molecule has 0 bridgehead atoms. The molecule has 0 aliphatic rings. The average Bonchev–Trinajstić information content (AvgIpc) is 1.46. The van der Waals surface area contributed by atoms with Crippen LogP contribution in [0, 0.1) is 6.85 Å². The van der Waals surface area contributed by atoms with Crippen LogP contribution in [0.5, 0.6) is 5.75 Å². The van der Waals surface area contributed by atoms with Crippen LogP contribution in [0.15, 0.2) is 188 Å². The van der Waals surface area contributed by atoms with E-state index in [0.717, 1.165) is 22.3 Å². The summed E-state index contributed by atoms with van der Waals surface area (Å²) < 4.78 is 122. The molecule has 0 radical (unpaired) electrons. The van der Waals surface area contributed by atoms with Crippen molar-refractivity contribution in [3.05, 3.63) is 216 Å². The van der Waals surface area contributed by atoms with Gasteiger partial charge in [0.2, 0.25) is 0 Å². The molecular weight excluding hydrogens is 887 g/mol. The molecule has 0 aliphatic heterocycles. The van der Waals surface area contributed by atoms with Crippen LogP contribution in [0.3, 0.4) is 0 Å². The number of aryl methyl sites for hydroxylation is 1. The van der Waals surface area contributed by atoms with Crippen LogP contribution >= 0.6 is 0 Å². The van der Waals surface area contributed by atoms with Crippen LogP contribution in [0.25, 0.3) is 95.0 Å². The van der Waals surface area contributed by atoms with Crippen molar-refractivity contribution in [2.75, 3.05) is 0 Å². The first-order valence-corrected chi connectivity index (χ1v) is 24.5. The van der Waals surface area contributed by atoms with Gasteiger partial charge in [-0.25, -0.2) is 4.98 Å². The molecular formula is C69H67N3O. The number of aromatic hydroxyl groups is 1. The Morgan fingerprint density at radius 2 is 1.12 bits per heavy atom. The zero-order valence-electron chi connectivity index (χ0n) is 56.2. The highest BCUT2D eigenvalue weighted by Gasteiger charge is 2.26. The van der Waals surface area contributed by atoms with Crippen molar-refractivity contribution in [1.82, 2.24) is 14.5 Å². The first-order valence-electron chi connectivity index (χ1n) is 31.5. The molecule has 73 heavy (non-hydrogen) atoms. The zero-order chi connectivity index (χ0) is 63.2.